The molecule has 2 heterocycles. The molecule has 0 bridgehead atoms. The van der Waals surface area contributed by atoms with Crippen molar-refractivity contribution in [1.29, 1.82) is 0 Å². The van der Waals surface area contributed by atoms with E-state index in [1.807, 2.05) is 59.9 Å². The highest BCUT2D eigenvalue weighted by molar-refractivity contribution is 7.98. The second-order valence-corrected chi connectivity index (χ2v) is 8.74. The standard InChI is InChI=1S/C25H21N5O3S/c1-15-7-12-21(33-2)20(13-15)29-23(32)18-5-3-4-6-19(18)30-24(29)27-28-25(30)34-14-16-8-10-17(11-9-16)22(26)31/h3-13H,14H2,1-2H3,(H2,26,31). The third kappa shape index (κ3) is 3.69. The fourth-order valence-electron chi connectivity index (χ4n) is 3.88. The van der Waals surface area contributed by atoms with Gasteiger partial charge in [0, 0.05) is 11.3 Å². The highest BCUT2D eigenvalue weighted by Crippen LogP contribution is 2.29. The van der Waals surface area contributed by atoms with Crippen molar-refractivity contribution in [1.82, 2.24) is 19.2 Å². The number of nitrogens with two attached hydrogens (primary N) is 1. The number of para-hydroxylation sites is 1. The lowest BCUT2D eigenvalue weighted by molar-refractivity contribution is 0.100. The SMILES string of the molecule is COc1ccc(C)cc1-n1c(=O)c2ccccc2n2c(SCc3ccc(C(N)=O)cc3)nnc12. The van der Waals surface area contributed by atoms with E-state index in [9.17, 15) is 9.59 Å². The Kier molecular flexibility index (Phi) is 5.54. The Balaban J connectivity index is 1.67. The highest BCUT2D eigenvalue weighted by Gasteiger charge is 2.20. The van der Waals surface area contributed by atoms with E-state index >= 15 is 0 Å². The van der Waals surface area contributed by atoms with Gasteiger partial charge in [-0.1, -0.05) is 42.1 Å². The van der Waals surface area contributed by atoms with E-state index in [1.165, 1.54) is 11.8 Å². The molecule has 5 rings (SSSR count). The zero-order chi connectivity index (χ0) is 23.8. The minimum Gasteiger partial charge on any atom is -0.495 e. The average molecular weight is 472 g/mol. The fraction of sp³-hybridized carbons (Fsp3) is 0.120. The van der Waals surface area contributed by atoms with E-state index in [0.29, 0.717) is 39.1 Å². The molecule has 34 heavy (non-hydrogen) atoms. The topological polar surface area (TPSA) is 105 Å². The molecular formula is C25H21N5O3S. The number of methoxy groups -OCH3 is 1. The van der Waals surface area contributed by atoms with Crippen LogP contribution in [0.4, 0.5) is 0 Å². The molecule has 9 heteroatoms. The first-order valence-corrected chi connectivity index (χ1v) is 11.5. The monoisotopic (exact) mass is 471 g/mol. The van der Waals surface area contributed by atoms with Crippen LogP contribution in [0.5, 0.6) is 5.75 Å². The molecule has 0 fully saturated rings. The van der Waals surface area contributed by atoms with E-state index in [2.05, 4.69) is 10.2 Å². The summed E-state index contributed by atoms with van der Waals surface area (Å²) in [7, 11) is 1.58. The number of aryl methyl sites for hydroxylation is 1. The number of primary amides is 1. The number of hydrogen-bond acceptors (Lipinski definition) is 6. The van der Waals surface area contributed by atoms with Crippen molar-refractivity contribution in [3.05, 3.63) is 93.8 Å². The van der Waals surface area contributed by atoms with Crippen LogP contribution in [0, 0.1) is 6.92 Å². The quantitative estimate of drug-likeness (QED) is 0.378. The van der Waals surface area contributed by atoms with Crippen LogP contribution in [0.3, 0.4) is 0 Å². The molecular weight excluding hydrogens is 450 g/mol. The van der Waals surface area contributed by atoms with Crippen LogP contribution < -0.4 is 16.0 Å². The molecule has 0 aliphatic rings. The van der Waals surface area contributed by atoms with Crippen LogP contribution in [0.1, 0.15) is 21.5 Å². The Morgan fingerprint density at radius 1 is 1.06 bits per heavy atom. The van der Waals surface area contributed by atoms with Crippen LogP contribution in [0.25, 0.3) is 22.4 Å². The van der Waals surface area contributed by atoms with Gasteiger partial charge in [0.1, 0.15) is 5.75 Å². The number of carbonyl (C=O) groups is 1. The number of amides is 1. The molecule has 0 spiro atoms. The van der Waals surface area contributed by atoms with Crippen molar-refractivity contribution in [2.45, 2.75) is 17.8 Å². The molecule has 0 aliphatic carbocycles. The zero-order valence-corrected chi connectivity index (χ0v) is 19.4. The molecule has 0 aliphatic heterocycles. The Morgan fingerprint density at radius 3 is 2.56 bits per heavy atom. The van der Waals surface area contributed by atoms with Crippen LogP contribution in [-0.4, -0.2) is 32.2 Å². The normalized spacial score (nSPS) is 11.2. The van der Waals surface area contributed by atoms with Crippen molar-refractivity contribution >= 4 is 34.3 Å². The smallest absolute Gasteiger partial charge is 0.267 e. The number of rotatable bonds is 6. The number of ether oxygens (including phenoxy) is 1. The maximum Gasteiger partial charge on any atom is 0.267 e. The predicted octanol–water partition coefficient (Wildman–Crippen LogP) is 3.74. The van der Waals surface area contributed by atoms with Crippen molar-refractivity contribution < 1.29 is 9.53 Å². The minimum atomic E-state index is -0.460. The minimum absolute atomic E-state index is 0.196. The van der Waals surface area contributed by atoms with Crippen molar-refractivity contribution in [3.63, 3.8) is 0 Å². The van der Waals surface area contributed by atoms with Crippen LogP contribution in [0.2, 0.25) is 0 Å². The number of hydrogen-bond donors (Lipinski definition) is 1. The molecule has 8 nitrogen and oxygen atoms in total. The second kappa shape index (κ2) is 8.68. The van der Waals surface area contributed by atoms with Gasteiger partial charge in [0.15, 0.2) is 5.16 Å². The highest BCUT2D eigenvalue weighted by atomic mass is 32.2. The summed E-state index contributed by atoms with van der Waals surface area (Å²) in [5, 5.41) is 10.0. The summed E-state index contributed by atoms with van der Waals surface area (Å²) in [4.78, 5) is 24.9. The molecule has 5 aromatic rings. The lowest BCUT2D eigenvalue weighted by Gasteiger charge is -2.14. The average Bonchev–Trinajstić information content (AvgIpc) is 3.27. The van der Waals surface area contributed by atoms with Gasteiger partial charge in [0.2, 0.25) is 11.7 Å². The summed E-state index contributed by atoms with van der Waals surface area (Å²) < 4.78 is 8.99. The predicted molar refractivity (Wildman–Crippen MR) is 132 cm³/mol. The van der Waals surface area contributed by atoms with Gasteiger partial charge in [0.25, 0.3) is 5.56 Å². The maximum atomic E-state index is 13.6. The van der Waals surface area contributed by atoms with Gasteiger partial charge in [0.05, 0.1) is 23.7 Å². The first-order chi connectivity index (χ1) is 16.5. The lowest BCUT2D eigenvalue weighted by atomic mass is 10.1. The largest absolute Gasteiger partial charge is 0.495 e. The molecule has 0 radical (unpaired) electrons. The van der Waals surface area contributed by atoms with Crippen molar-refractivity contribution in [3.8, 4) is 11.4 Å². The third-order valence-electron chi connectivity index (χ3n) is 5.58. The van der Waals surface area contributed by atoms with Gasteiger partial charge < -0.3 is 10.5 Å². The summed E-state index contributed by atoms with van der Waals surface area (Å²) >= 11 is 1.49. The Bertz CT molecular complexity index is 1610. The summed E-state index contributed by atoms with van der Waals surface area (Å²) in [6, 6.07) is 20.2. The molecule has 0 atom stereocenters. The van der Waals surface area contributed by atoms with Gasteiger partial charge in [-0.3, -0.25) is 14.0 Å². The van der Waals surface area contributed by atoms with Gasteiger partial charge >= 0.3 is 0 Å². The molecule has 2 aromatic heterocycles. The zero-order valence-electron chi connectivity index (χ0n) is 18.6. The fourth-order valence-corrected chi connectivity index (χ4v) is 4.77. The van der Waals surface area contributed by atoms with E-state index in [0.717, 1.165) is 16.6 Å². The van der Waals surface area contributed by atoms with Gasteiger partial charge in [-0.05, 0) is 54.4 Å². The molecule has 3 aromatic carbocycles. The summed E-state index contributed by atoms with van der Waals surface area (Å²) in [6.45, 7) is 1.96. The third-order valence-corrected chi connectivity index (χ3v) is 6.58. The maximum absolute atomic E-state index is 13.6. The van der Waals surface area contributed by atoms with Gasteiger partial charge in [-0.15, -0.1) is 10.2 Å². The Labute approximate surface area is 199 Å². The Hall–Kier alpha value is -4.11. The van der Waals surface area contributed by atoms with Crippen molar-refractivity contribution in [2.75, 3.05) is 7.11 Å². The van der Waals surface area contributed by atoms with Gasteiger partial charge in [-0.2, -0.15) is 0 Å². The molecule has 170 valence electrons. The molecule has 1 amide bonds. The van der Waals surface area contributed by atoms with Crippen molar-refractivity contribution in [2.24, 2.45) is 5.73 Å². The molecule has 0 saturated carbocycles. The number of benzene rings is 3. The lowest BCUT2D eigenvalue weighted by Crippen LogP contribution is -2.22. The van der Waals surface area contributed by atoms with E-state index < -0.39 is 5.91 Å². The van der Waals surface area contributed by atoms with Crippen LogP contribution in [0.15, 0.2) is 76.7 Å². The van der Waals surface area contributed by atoms with E-state index in [4.69, 9.17) is 10.5 Å². The first kappa shape index (κ1) is 21.7. The molecule has 2 N–H and O–H groups in total. The van der Waals surface area contributed by atoms with Gasteiger partial charge in [-0.25, -0.2) is 4.57 Å². The number of fused-ring (bicyclic) bond motifs is 3. The number of thioether (sulfide) groups is 1. The van der Waals surface area contributed by atoms with Crippen LogP contribution in [-0.2, 0) is 5.75 Å². The summed E-state index contributed by atoms with van der Waals surface area (Å²) in [5.74, 6) is 1.11. The molecule has 0 saturated heterocycles. The summed E-state index contributed by atoms with van der Waals surface area (Å²) in [5.41, 5.74) is 8.92. The van der Waals surface area contributed by atoms with E-state index in [-0.39, 0.29) is 5.56 Å². The number of carbonyl (C=O) groups excluding carboxylic acids is 1. The Morgan fingerprint density at radius 2 is 1.82 bits per heavy atom. The van der Waals surface area contributed by atoms with E-state index in [1.54, 1.807) is 29.9 Å². The number of aromatic nitrogens is 4. The second-order valence-electron chi connectivity index (χ2n) is 7.80. The summed E-state index contributed by atoms with van der Waals surface area (Å²) in [6.07, 6.45) is 0. The number of nitrogens with zero attached hydrogens (tertiary/aromatic N) is 4. The first-order valence-electron chi connectivity index (χ1n) is 10.5. The van der Waals surface area contributed by atoms with Crippen LogP contribution >= 0.6 is 11.8 Å². The molecule has 0 unspecified atom stereocenters.